The fourth-order valence-electron chi connectivity index (χ4n) is 5.31. The van der Waals surface area contributed by atoms with Crippen LogP contribution in [0.3, 0.4) is 0 Å². The Balaban J connectivity index is 0.00000253. The zero-order chi connectivity index (χ0) is 23.7. The number of hydrogen-bond donors (Lipinski definition) is 3. The number of nitrogens with two attached hydrogens (primary N) is 1. The fourth-order valence-corrected chi connectivity index (χ4v) is 6.37. The lowest BCUT2D eigenvalue weighted by Crippen LogP contribution is -2.46. The second kappa shape index (κ2) is 7.36. The highest BCUT2D eigenvalue weighted by Gasteiger charge is 2.49. The zero-order valence-electron chi connectivity index (χ0n) is 17.9. The van der Waals surface area contributed by atoms with Gasteiger partial charge in [-0.15, -0.1) is 11.3 Å². The van der Waals surface area contributed by atoms with E-state index >= 15 is 0 Å². The van der Waals surface area contributed by atoms with Crippen molar-refractivity contribution in [2.45, 2.75) is 37.9 Å². The Kier molecular flexibility index (Phi) is 4.60. The molecule has 12 heteroatoms. The Bertz CT molecular complexity index is 1460. The number of nitrogen functional groups attached to an aromatic ring is 1. The third-order valence-corrected chi connectivity index (χ3v) is 7.73. The number of aromatic nitrogens is 3. The summed E-state index contributed by atoms with van der Waals surface area (Å²) in [5, 5.41) is 4.13. The van der Waals surface area contributed by atoms with Gasteiger partial charge in [0, 0.05) is 37.2 Å². The first-order valence-electron chi connectivity index (χ1n) is 10.9. The second-order valence-electron chi connectivity index (χ2n) is 9.28. The summed E-state index contributed by atoms with van der Waals surface area (Å²) in [4.78, 5) is 25.4. The van der Waals surface area contributed by atoms with Crippen LogP contribution in [0, 0.1) is 5.41 Å². The van der Waals surface area contributed by atoms with Gasteiger partial charge in [-0.25, -0.2) is 9.78 Å². The lowest BCUT2D eigenvalue weighted by atomic mass is 9.65. The van der Waals surface area contributed by atoms with Gasteiger partial charge in [-0.3, -0.25) is 4.98 Å². The third-order valence-electron chi connectivity index (χ3n) is 6.70. The van der Waals surface area contributed by atoms with Crippen LogP contribution < -0.4 is 21.7 Å². The second-order valence-corrected chi connectivity index (χ2v) is 10.4. The van der Waals surface area contributed by atoms with Crippen molar-refractivity contribution in [3.8, 4) is 0 Å². The molecule has 1 saturated heterocycles. The van der Waals surface area contributed by atoms with Gasteiger partial charge < -0.3 is 20.4 Å². The van der Waals surface area contributed by atoms with Crippen molar-refractivity contribution in [2.75, 3.05) is 29.0 Å². The maximum atomic E-state index is 12.9. The Morgan fingerprint density at radius 3 is 2.94 bits per heavy atom. The van der Waals surface area contributed by atoms with E-state index in [2.05, 4.69) is 25.2 Å². The first-order chi connectivity index (χ1) is 16.1. The molecule has 0 unspecified atom stereocenters. The molecule has 4 N–H and O–H groups in total. The predicted molar refractivity (Wildman–Crippen MR) is 126 cm³/mol. The van der Waals surface area contributed by atoms with Gasteiger partial charge in [0.1, 0.15) is 10.6 Å². The van der Waals surface area contributed by atoms with Gasteiger partial charge in [-0.05, 0) is 42.9 Å². The predicted octanol–water partition coefficient (Wildman–Crippen LogP) is 4.53. The summed E-state index contributed by atoms with van der Waals surface area (Å²) in [6, 6.07) is 7.38. The summed E-state index contributed by atoms with van der Waals surface area (Å²) in [5.41, 5.74) is 8.08. The number of nitrogens with one attached hydrogen (secondary N) is 2. The minimum atomic E-state index is -4.28. The van der Waals surface area contributed by atoms with Crippen LogP contribution >= 0.6 is 11.3 Å². The first-order valence-corrected chi connectivity index (χ1v) is 11.7. The normalized spacial score (nSPS) is 22.7. The van der Waals surface area contributed by atoms with Crippen molar-refractivity contribution in [3.63, 3.8) is 0 Å². The molecule has 34 heavy (non-hydrogen) atoms. The summed E-state index contributed by atoms with van der Waals surface area (Å²) in [6.07, 6.45) is -2.36. The minimum Gasteiger partial charge on any atom is -0.408 e. The standard InChI is InChI=1S/C22H21F3N6O2S.H2/c23-22(24,25)9-13-6-14-17(29-19(26)30-18(14)34-13)31-4-3-21(10-31)7-12(8-21)27-11-1-2-15-16(5-11)33-20(32)28-15;/h1-2,5-6,12,27H,3-4,7-10H2,(H,28,32)(H2,26,29,30);1H. The van der Waals surface area contributed by atoms with Crippen LogP contribution in [0.5, 0.6) is 0 Å². The van der Waals surface area contributed by atoms with Gasteiger partial charge in [-0.2, -0.15) is 18.2 Å². The van der Waals surface area contributed by atoms with Crippen LogP contribution in [-0.4, -0.2) is 40.3 Å². The van der Waals surface area contributed by atoms with Gasteiger partial charge in [-0.1, -0.05) is 0 Å². The molecular weight excluding hydrogens is 469 g/mol. The number of aromatic amines is 1. The molecule has 1 aliphatic heterocycles. The van der Waals surface area contributed by atoms with E-state index in [1.165, 1.54) is 0 Å². The van der Waals surface area contributed by atoms with Crippen LogP contribution in [0.2, 0.25) is 0 Å². The van der Waals surface area contributed by atoms with E-state index in [0.29, 0.717) is 27.1 Å². The average Bonchev–Trinajstić information content (AvgIpc) is 3.41. The quantitative estimate of drug-likeness (QED) is 0.384. The summed E-state index contributed by atoms with van der Waals surface area (Å²) < 4.78 is 43.8. The van der Waals surface area contributed by atoms with Crippen molar-refractivity contribution in [1.29, 1.82) is 0 Å². The molecular formula is C22H23F3N6O2S. The highest BCUT2D eigenvalue weighted by molar-refractivity contribution is 7.18. The lowest BCUT2D eigenvalue weighted by Gasteiger charge is -2.46. The van der Waals surface area contributed by atoms with E-state index in [9.17, 15) is 18.0 Å². The number of nitrogens with zero attached hydrogens (tertiary/aromatic N) is 3. The Hall–Kier alpha value is -3.28. The highest BCUT2D eigenvalue weighted by atomic mass is 32.1. The number of benzene rings is 1. The molecule has 4 aromatic rings. The number of anilines is 3. The molecule has 4 heterocycles. The summed E-state index contributed by atoms with van der Waals surface area (Å²) in [6.45, 7) is 1.54. The number of H-pyrrole nitrogens is 1. The van der Waals surface area contributed by atoms with E-state index in [1.54, 1.807) is 6.07 Å². The summed E-state index contributed by atoms with van der Waals surface area (Å²) >= 11 is 1.02. The first kappa shape index (κ1) is 21.3. The fraction of sp³-hybridized carbons (Fsp3) is 0.409. The highest BCUT2D eigenvalue weighted by Crippen LogP contribution is 2.50. The Labute approximate surface area is 196 Å². The van der Waals surface area contributed by atoms with Crippen LogP contribution in [0.25, 0.3) is 21.3 Å². The van der Waals surface area contributed by atoms with E-state index in [1.807, 2.05) is 18.2 Å². The van der Waals surface area contributed by atoms with Crippen molar-refractivity contribution in [3.05, 3.63) is 39.7 Å². The molecule has 1 spiro atoms. The maximum Gasteiger partial charge on any atom is 0.417 e. The molecule has 1 aliphatic carbocycles. The largest absolute Gasteiger partial charge is 0.417 e. The van der Waals surface area contributed by atoms with Crippen molar-refractivity contribution >= 4 is 50.1 Å². The van der Waals surface area contributed by atoms with Crippen LogP contribution in [0.1, 0.15) is 25.6 Å². The van der Waals surface area contributed by atoms with Gasteiger partial charge in [0.25, 0.3) is 0 Å². The average molecular weight is 493 g/mol. The SMILES string of the molecule is Nc1nc(N2CCC3(CC(Nc4ccc5[nH]c(=O)oc5c4)C3)C2)c2cc(CC(F)(F)F)sc2n1.[HH]. The van der Waals surface area contributed by atoms with E-state index < -0.39 is 18.4 Å². The lowest BCUT2D eigenvalue weighted by molar-refractivity contribution is -0.126. The van der Waals surface area contributed by atoms with Crippen molar-refractivity contribution < 1.29 is 19.0 Å². The maximum absolute atomic E-state index is 12.9. The molecule has 2 aliphatic rings. The van der Waals surface area contributed by atoms with E-state index in [4.69, 9.17) is 10.2 Å². The number of halogens is 3. The van der Waals surface area contributed by atoms with Crippen LogP contribution in [0.15, 0.2) is 33.5 Å². The zero-order valence-corrected chi connectivity index (χ0v) is 18.7. The Morgan fingerprint density at radius 1 is 1.32 bits per heavy atom. The topological polar surface area (TPSA) is 113 Å². The molecule has 0 amide bonds. The third kappa shape index (κ3) is 3.85. The molecule has 180 valence electrons. The van der Waals surface area contributed by atoms with Gasteiger partial charge in [0.2, 0.25) is 5.95 Å². The molecule has 1 saturated carbocycles. The van der Waals surface area contributed by atoms with Crippen molar-refractivity contribution in [2.24, 2.45) is 5.41 Å². The van der Waals surface area contributed by atoms with Gasteiger partial charge >= 0.3 is 11.9 Å². The molecule has 0 atom stereocenters. The van der Waals surface area contributed by atoms with E-state index in [0.717, 1.165) is 49.4 Å². The molecule has 8 nitrogen and oxygen atoms in total. The molecule has 3 aromatic heterocycles. The number of alkyl halides is 3. The summed E-state index contributed by atoms with van der Waals surface area (Å²) in [5.74, 6) is 0.216. The van der Waals surface area contributed by atoms with Gasteiger partial charge in [0.15, 0.2) is 5.58 Å². The smallest absolute Gasteiger partial charge is 0.408 e. The monoisotopic (exact) mass is 492 g/mol. The molecule has 6 rings (SSSR count). The van der Waals surface area contributed by atoms with E-state index in [-0.39, 0.29) is 23.7 Å². The number of rotatable bonds is 4. The number of fused-ring (bicyclic) bond motifs is 2. The summed E-state index contributed by atoms with van der Waals surface area (Å²) in [7, 11) is 0. The number of oxazole rings is 1. The molecule has 0 bridgehead atoms. The number of hydrogen-bond acceptors (Lipinski definition) is 8. The molecule has 1 aromatic carbocycles. The molecule has 2 fully saturated rings. The van der Waals surface area contributed by atoms with Crippen LogP contribution in [-0.2, 0) is 6.42 Å². The Morgan fingerprint density at radius 2 is 2.15 bits per heavy atom. The molecule has 0 radical (unpaired) electrons. The van der Waals surface area contributed by atoms with Gasteiger partial charge in [0.05, 0.1) is 17.3 Å². The number of thiophene rings is 1. The minimum absolute atomic E-state index is 0. The van der Waals surface area contributed by atoms with Crippen molar-refractivity contribution in [1.82, 2.24) is 15.0 Å². The van der Waals surface area contributed by atoms with Crippen LogP contribution in [0.4, 0.5) is 30.6 Å².